The van der Waals surface area contributed by atoms with Gasteiger partial charge in [-0.3, -0.25) is 4.79 Å². The van der Waals surface area contributed by atoms with Gasteiger partial charge >= 0.3 is 18.1 Å². The Morgan fingerprint density at radius 3 is 1.98 bits per heavy atom. The van der Waals surface area contributed by atoms with Crippen molar-refractivity contribution in [2.24, 2.45) is 11.8 Å². The molecule has 0 amide bonds. The van der Waals surface area contributed by atoms with Gasteiger partial charge < -0.3 is 9.47 Å². The molecule has 0 aliphatic rings. The predicted molar refractivity (Wildman–Crippen MR) is 160 cm³/mol. The first-order valence-corrected chi connectivity index (χ1v) is 15.0. The van der Waals surface area contributed by atoms with Gasteiger partial charge in [0.1, 0.15) is 5.75 Å². The van der Waals surface area contributed by atoms with Crippen molar-refractivity contribution in [2.75, 3.05) is 0 Å². The highest BCUT2D eigenvalue weighted by Crippen LogP contribution is 2.29. The van der Waals surface area contributed by atoms with E-state index in [9.17, 15) is 22.8 Å². The average Bonchev–Trinajstić information content (AvgIpc) is 2.98. The van der Waals surface area contributed by atoms with E-state index in [1.165, 1.54) is 12.1 Å². The number of benzene rings is 2. The standard InChI is InChI=1S/C34H41F3N2O4/c1-5-6-7-8-12-30(34(35,36)37)43-33(41)27-15-13-25(14-16-27)28-21-38-31(39-22-28)26-17-19-29(20-18-26)42-32(40)24(4)11-9-10-23(2)3/h13-24,30H,5-12H2,1-4H3. The lowest BCUT2D eigenvalue weighted by Gasteiger charge is -2.20. The summed E-state index contributed by atoms with van der Waals surface area (Å²) >= 11 is 0. The number of rotatable bonds is 15. The third-order valence-corrected chi connectivity index (χ3v) is 7.19. The number of unbranched alkanes of at least 4 members (excludes halogenated alkanes) is 3. The van der Waals surface area contributed by atoms with E-state index in [2.05, 4.69) is 23.8 Å². The minimum Gasteiger partial charge on any atom is -0.449 e. The van der Waals surface area contributed by atoms with Gasteiger partial charge in [-0.1, -0.05) is 71.9 Å². The van der Waals surface area contributed by atoms with Crippen LogP contribution in [0.1, 0.15) is 89.4 Å². The monoisotopic (exact) mass is 598 g/mol. The van der Waals surface area contributed by atoms with Crippen LogP contribution < -0.4 is 4.74 Å². The van der Waals surface area contributed by atoms with Crippen molar-refractivity contribution in [3.8, 4) is 28.3 Å². The van der Waals surface area contributed by atoms with E-state index >= 15 is 0 Å². The summed E-state index contributed by atoms with van der Waals surface area (Å²) in [5.74, 6) is 0.102. The molecule has 0 fully saturated rings. The summed E-state index contributed by atoms with van der Waals surface area (Å²) in [5.41, 5.74) is 2.14. The number of nitrogens with zero attached hydrogens (tertiary/aromatic N) is 2. The molecule has 0 saturated carbocycles. The van der Waals surface area contributed by atoms with Crippen LogP contribution in [-0.4, -0.2) is 34.2 Å². The number of alkyl halides is 3. The predicted octanol–water partition coefficient (Wildman–Crippen LogP) is 9.24. The van der Waals surface area contributed by atoms with E-state index in [1.807, 2.05) is 13.8 Å². The normalized spacial score (nSPS) is 13.0. The van der Waals surface area contributed by atoms with Crippen LogP contribution in [0.25, 0.3) is 22.5 Å². The highest BCUT2D eigenvalue weighted by molar-refractivity contribution is 5.90. The molecule has 0 saturated heterocycles. The van der Waals surface area contributed by atoms with Crippen molar-refractivity contribution in [1.82, 2.24) is 9.97 Å². The fourth-order valence-corrected chi connectivity index (χ4v) is 4.51. The molecule has 3 aromatic rings. The first-order chi connectivity index (χ1) is 20.5. The van der Waals surface area contributed by atoms with E-state index in [4.69, 9.17) is 9.47 Å². The molecule has 43 heavy (non-hydrogen) atoms. The first kappa shape index (κ1) is 33.7. The van der Waals surface area contributed by atoms with Crippen molar-refractivity contribution in [3.63, 3.8) is 0 Å². The molecule has 1 aromatic heterocycles. The Bertz CT molecular complexity index is 1290. The molecule has 9 heteroatoms. The van der Waals surface area contributed by atoms with Crippen molar-refractivity contribution in [2.45, 2.75) is 91.3 Å². The topological polar surface area (TPSA) is 78.4 Å². The largest absolute Gasteiger partial charge is 0.449 e. The van der Waals surface area contributed by atoms with Crippen molar-refractivity contribution < 1.29 is 32.2 Å². The molecule has 2 aromatic carbocycles. The quantitative estimate of drug-likeness (QED) is 0.0986. The van der Waals surface area contributed by atoms with Crippen LogP contribution >= 0.6 is 0 Å². The van der Waals surface area contributed by atoms with Crippen LogP contribution in [0.3, 0.4) is 0 Å². The molecule has 0 aliphatic heterocycles. The summed E-state index contributed by atoms with van der Waals surface area (Å²) < 4.78 is 50.5. The second kappa shape index (κ2) is 16.2. The number of hydrogen-bond donors (Lipinski definition) is 0. The van der Waals surface area contributed by atoms with Gasteiger partial charge in [-0.25, -0.2) is 14.8 Å². The molecule has 6 nitrogen and oxygen atoms in total. The lowest BCUT2D eigenvalue weighted by atomic mass is 10.00. The van der Waals surface area contributed by atoms with Gasteiger partial charge in [0.05, 0.1) is 11.5 Å². The van der Waals surface area contributed by atoms with Crippen LogP contribution in [0, 0.1) is 11.8 Å². The third-order valence-electron chi connectivity index (χ3n) is 7.19. The number of aromatic nitrogens is 2. The number of carbonyl (C=O) groups excluding carboxylic acids is 2. The van der Waals surface area contributed by atoms with Gasteiger partial charge in [-0.05, 0) is 67.1 Å². The van der Waals surface area contributed by atoms with Gasteiger partial charge in [0, 0.05) is 23.5 Å². The molecule has 2 unspecified atom stereocenters. The molecule has 0 aliphatic carbocycles. The van der Waals surface area contributed by atoms with Gasteiger partial charge in [0.25, 0.3) is 0 Å². The van der Waals surface area contributed by atoms with Gasteiger partial charge in [0.15, 0.2) is 11.9 Å². The Morgan fingerprint density at radius 2 is 1.40 bits per heavy atom. The molecule has 0 radical (unpaired) electrons. The fraction of sp³-hybridized carbons (Fsp3) is 0.471. The average molecular weight is 599 g/mol. The number of hydrogen-bond acceptors (Lipinski definition) is 6. The molecule has 2 atom stereocenters. The van der Waals surface area contributed by atoms with E-state index in [1.54, 1.807) is 48.8 Å². The molecule has 0 bridgehead atoms. The van der Waals surface area contributed by atoms with Gasteiger partial charge in [-0.2, -0.15) is 13.2 Å². The number of carbonyl (C=O) groups is 2. The van der Waals surface area contributed by atoms with Gasteiger partial charge in [-0.15, -0.1) is 0 Å². The Hall–Kier alpha value is -3.75. The van der Waals surface area contributed by atoms with E-state index in [0.717, 1.165) is 37.7 Å². The lowest BCUT2D eigenvalue weighted by molar-refractivity contribution is -0.206. The molecule has 232 valence electrons. The number of ether oxygens (including phenoxy) is 2. The number of esters is 2. The minimum absolute atomic E-state index is 0.0369. The fourth-order valence-electron chi connectivity index (χ4n) is 4.51. The first-order valence-electron chi connectivity index (χ1n) is 15.0. The van der Waals surface area contributed by atoms with Crippen LogP contribution in [0.15, 0.2) is 60.9 Å². The second-order valence-electron chi connectivity index (χ2n) is 11.3. The molecule has 3 rings (SSSR count). The molecule has 0 spiro atoms. The van der Waals surface area contributed by atoms with E-state index in [0.29, 0.717) is 41.5 Å². The highest BCUT2D eigenvalue weighted by atomic mass is 19.4. The molecule has 1 heterocycles. The summed E-state index contributed by atoms with van der Waals surface area (Å²) in [4.78, 5) is 33.7. The summed E-state index contributed by atoms with van der Waals surface area (Å²) in [6.45, 7) is 8.18. The molecular weight excluding hydrogens is 557 g/mol. The van der Waals surface area contributed by atoms with Crippen molar-refractivity contribution in [1.29, 1.82) is 0 Å². The SMILES string of the molecule is CCCCCCC(OC(=O)c1ccc(-c2cnc(-c3ccc(OC(=O)C(C)CCCC(C)C)cc3)nc2)cc1)C(F)(F)F. The van der Waals surface area contributed by atoms with Crippen LogP contribution in [0.5, 0.6) is 5.75 Å². The zero-order chi connectivity index (χ0) is 31.4. The van der Waals surface area contributed by atoms with Crippen molar-refractivity contribution in [3.05, 3.63) is 66.5 Å². The summed E-state index contributed by atoms with van der Waals surface area (Å²) in [5, 5.41) is 0. The summed E-state index contributed by atoms with van der Waals surface area (Å²) in [7, 11) is 0. The Balaban J connectivity index is 1.58. The second-order valence-corrected chi connectivity index (χ2v) is 11.3. The Labute approximate surface area is 252 Å². The maximum atomic E-state index is 13.4. The third kappa shape index (κ3) is 10.8. The Morgan fingerprint density at radius 1 is 0.767 bits per heavy atom. The lowest BCUT2D eigenvalue weighted by Crippen LogP contribution is -2.33. The van der Waals surface area contributed by atoms with E-state index < -0.39 is 18.2 Å². The molecule has 0 N–H and O–H groups in total. The van der Waals surface area contributed by atoms with Crippen molar-refractivity contribution >= 4 is 11.9 Å². The Kier molecular flexibility index (Phi) is 12.7. The maximum Gasteiger partial charge on any atom is 0.425 e. The smallest absolute Gasteiger partial charge is 0.425 e. The minimum atomic E-state index is -4.61. The summed E-state index contributed by atoms with van der Waals surface area (Å²) in [6, 6.07) is 13.1. The van der Waals surface area contributed by atoms with Crippen LogP contribution in [-0.2, 0) is 9.53 Å². The zero-order valence-corrected chi connectivity index (χ0v) is 25.3. The van der Waals surface area contributed by atoms with Crippen LogP contribution in [0.4, 0.5) is 13.2 Å². The molecular formula is C34H41F3N2O4. The van der Waals surface area contributed by atoms with E-state index in [-0.39, 0.29) is 23.9 Å². The van der Waals surface area contributed by atoms with Crippen LogP contribution in [0.2, 0.25) is 0 Å². The maximum absolute atomic E-state index is 13.4. The highest BCUT2D eigenvalue weighted by Gasteiger charge is 2.42. The summed E-state index contributed by atoms with van der Waals surface area (Å²) in [6.07, 6.45) is 1.87. The van der Waals surface area contributed by atoms with Gasteiger partial charge in [0.2, 0.25) is 0 Å². The zero-order valence-electron chi connectivity index (χ0n) is 25.3. The number of halogens is 3.